The van der Waals surface area contributed by atoms with Gasteiger partial charge in [-0.1, -0.05) is 44.4 Å². The molecule has 2 aromatic carbocycles. The second-order valence-corrected chi connectivity index (χ2v) is 7.58. The van der Waals surface area contributed by atoms with Gasteiger partial charge in [0.15, 0.2) is 5.75 Å². The highest BCUT2D eigenvalue weighted by molar-refractivity contribution is 6.05. The standard InChI is InChI=1S/C25H28N2O5/c1-4-5-6-10-15-31-22-20-14-13-19(26-24(29)18-11-8-7-9-12-18)16-21(20)27(3)25(30)23(22)32-17(2)28/h7-9,11-14,16H,4-6,10,15H2,1-3H3,(H,26,29). The lowest BCUT2D eigenvalue weighted by atomic mass is 10.1. The average molecular weight is 437 g/mol. The first-order valence-corrected chi connectivity index (χ1v) is 10.8. The number of fused-ring (bicyclic) bond motifs is 1. The normalized spacial score (nSPS) is 10.7. The lowest BCUT2D eigenvalue weighted by Gasteiger charge is -2.17. The first-order chi connectivity index (χ1) is 15.4. The van der Waals surface area contributed by atoms with Crippen molar-refractivity contribution in [3.05, 3.63) is 64.4 Å². The number of carbonyl (C=O) groups is 2. The topological polar surface area (TPSA) is 86.6 Å². The SMILES string of the molecule is CCCCCCOc1c(OC(C)=O)c(=O)n(C)c2cc(NC(=O)c3ccccc3)ccc12. The summed E-state index contributed by atoms with van der Waals surface area (Å²) in [5.74, 6) is -0.720. The fraction of sp³-hybridized carbons (Fsp3) is 0.320. The quantitative estimate of drug-likeness (QED) is 0.389. The maximum Gasteiger partial charge on any atom is 0.308 e. The molecular weight excluding hydrogens is 408 g/mol. The summed E-state index contributed by atoms with van der Waals surface area (Å²) in [5, 5.41) is 3.47. The Morgan fingerprint density at radius 1 is 1.00 bits per heavy atom. The fourth-order valence-electron chi connectivity index (χ4n) is 3.43. The maximum atomic E-state index is 12.9. The number of pyridine rings is 1. The molecule has 1 aromatic heterocycles. The molecule has 0 aliphatic rings. The number of hydrogen-bond acceptors (Lipinski definition) is 5. The number of benzene rings is 2. The van der Waals surface area contributed by atoms with Gasteiger partial charge in [-0.05, 0) is 36.8 Å². The monoisotopic (exact) mass is 436 g/mol. The van der Waals surface area contributed by atoms with Gasteiger partial charge >= 0.3 is 5.97 Å². The second kappa shape index (κ2) is 10.6. The van der Waals surface area contributed by atoms with Crippen LogP contribution < -0.4 is 20.3 Å². The Bertz CT molecular complexity index is 1170. The van der Waals surface area contributed by atoms with Crippen LogP contribution in [0.5, 0.6) is 11.5 Å². The third-order valence-corrected chi connectivity index (χ3v) is 5.09. The zero-order chi connectivity index (χ0) is 23.1. The predicted octanol–water partition coefficient (Wildman–Crippen LogP) is 4.68. The third kappa shape index (κ3) is 5.35. The Morgan fingerprint density at radius 2 is 1.75 bits per heavy atom. The van der Waals surface area contributed by atoms with E-state index >= 15 is 0 Å². The molecule has 3 aromatic rings. The van der Waals surface area contributed by atoms with E-state index in [0.717, 1.165) is 25.7 Å². The highest BCUT2D eigenvalue weighted by atomic mass is 16.6. The molecule has 3 rings (SSSR count). The van der Waals surface area contributed by atoms with Crippen LogP contribution in [0.15, 0.2) is 53.3 Å². The van der Waals surface area contributed by atoms with Crippen LogP contribution in [0.2, 0.25) is 0 Å². The summed E-state index contributed by atoms with van der Waals surface area (Å²) >= 11 is 0. The number of rotatable bonds is 9. The molecule has 0 fully saturated rings. The molecule has 0 aliphatic heterocycles. The molecule has 0 aliphatic carbocycles. The number of anilines is 1. The number of carbonyl (C=O) groups excluding carboxylic acids is 2. The minimum atomic E-state index is -0.593. The molecule has 0 unspecified atom stereocenters. The van der Waals surface area contributed by atoms with Crippen LogP contribution in [-0.4, -0.2) is 23.1 Å². The van der Waals surface area contributed by atoms with Crippen LogP contribution in [0.25, 0.3) is 10.9 Å². The molecular formula is C25H28N2O5. The number of nitrogens with zero attached hydrogens (tertiary/aromatic N) is 1. The molecule has 7 nitrogen and oxygen atoms in total. The number of nitrogens with one attached hydrogen (secondary N) is 1. The Morgan fingerprint density at radius 3 is 2.44 bits per heavy atom. The van der Waals surface area contributed by atoms with Crippen LogP contribution in [-0.2, 0) is 11.8 Å². The van der Waals surface area contributed by atoms with Crippen LogP contribution in [0.3, 0.4) is 0 Å². The number of ether oxygens (including phenoxy) is 2. The van der Waals surface area contributed by atoms with Gasteiger partial charge in [0.25, 0.3) is 11.5 Å². The average Bonchev–Trinajstić information content (AvgIpc) is 2.79. The van der Waals surface area contributed by atoms with Crippen molar-refractivity contribution in [2.75, 3.05) is 11.9 Å². The molecule has 7 heteroatoms. The first-order valence-electron chi connectivity index (χ1n) is 10.8. The molecule has 0 saturated carbocycles. The van der Waals surface area contributed by atoms with Crippen molar-refractivity contribution in [3.8, 4) is 11.5 Å². The molecule has 168 valence electrons. The van der Waals surface area contributed by atoms with E-state index in [9.17, 15) is 14.4 Å². The number of hydrogen-bond donors (Lipinski definition) is 1. The van der Waals surface area contributed by atoms with E-state index in [1.54, 1.807) is 49.5 Å². The molecule has 1 amide bonds. The van der Waals surface area contributed by atoms with Crippen LogP contribution >= 0.6 is 0 Å². The number of aromatic nitrogens is 1. The largest absolute Gasteiger partial charge is 0.489 e. The molecule has 0 bridgehead atoms. The number of esters is 1. The van der Waals surface area contributed by atoms with Gasteiger partial charge < -0.3 is 19.4 Å². The fourth-order valence-corrected chi connectivity index (χ4v) is 3.43. The minimum Gasteiger partial charge on any atom is -0.489 e. The zero-order valence-electron chi connectivity index (χ0n) is 18.6. The lowest BCUT2D eigenvalue weighted by Crippen LogP contribution is -2.23. The Hall–Kier alpha value is -3.61. The molecule has 1 N–H and O–H groups in total. The van der Waals surface area contributed by atoms with E-state index in [-0.39, 0.29) is 17.4 Å². The van der Waals surface area contributed by atoms with Gasteiger partial charge in [0.05, 0.1) is 12.1 Å². The second-order valence-electron chi connectivity index (χ2n) is 7.58. The van der Waals surface area contributed by atoms with Crippen LogP contribution in [0.4, 0.5) is 5.69 Å². The van der Waals surface area contributed by atoms with Gasteiger partial charge in [0.1, 0.15) is 0 Å². The molecule has 32 heavy (non-hydrogen) atoms. The van der Waals surface area contributed by atoms with Gasteiger partial charge in [-0.15, -0.1) is 0 Å². The summed E-state index contributed by atoms with van der Waals surface area (Å²) in [7, 11) is 1.59. The minimum absolute atomic E-state index is 0.121. The lowest BCUT2D eigenvalue weighted by molar-refractivity contribution is -0.132. The highest BCUT2D eigenvalue weighted by Gasteiger charge is 2.20. The number of unbranched alkanes of at least 4 members (excludes halogenated alkanes) is 3. The summed E-state index contributed by atoms with van der Waals surface area (Å²) in [6, 6.07) is 14.1. The highest BCUT2D eigenvalue weighted by Crippen LogP contribution is 2.34. The van der Waals surface area contributed by atoms with Crippen molar-refractivity contribution in [2.45, 2.75) is 39.5 Å². The van der Waals surface area contributed by atoms with E-state index in [0.29, 0.717) is 28.8 Å². The Labute approximate surface area is 187 Å². The summed E-state index contributed by atoms with van der Waals surface area (Å²) in [6.07, 6.45) is 4.04. The summed E-state index contributed by atoms with van der Waals surface area (Å²) < 4.78 is 12.6. The van der Waals surface area contributed by atoms with E-state index in [4.69, 9.17) is 9.47 Å². The van der Waals surface area contributed by atoms with Gasteiger partial charge in [0, 0.05) is 30.6 Å². The Kier molecular flexibility index (Phi) is 7.65. The van der Waals surface area contributed by atoms with Crippen molar-refractivity contribution in [1.29, 1.82) is 0 Å². The van der Waals surface area contributed by atoms with Gasteiger partial charge in [-0.2, -0.15) is 0 Å². The number of amides is 1. The maximum absolute atomic E-state index is 12.9. The molecule has 0 atom stereocenters. The summed E-state index contributed by atoms with van der Waals surface area (Å²) in [6.45, 7) is 3.78. The molecule has 0 saturated heterocycles. The van der Waals surface area contributed by atoms with Gasteiger partial charge in [-0.3, -0.25) is 14.4 Å². The molecule has 0 spiro atoms. The third-order valence-electron chi connectivity index (χ3n) is 5.09. The molecule has 1 heterocycles. The summed E-state index contributed by atoms with van der Waals surface area (Å²) in [4.78, 5) is 37.1. The number of aryl methyl sites for hydroxylation is 1. The van der Waals surface area contributed by atoms with E-state index in [2.05, 4.69) is 12.2 Å². The molecule has 0 radical (unpaired) electrons. The van der Waals surface area contributed by atoms with E-state index in [1.807, 2.05) is 6.07 Å². The first kappa shape index (κ1) is 23.1. The van der Waals surface area contributed by atoms with Crippen molar-refractivity contribution in [3.63, 3.8) is 0 Å². The van der Waals surface area contributed by atoms with Gasteiger partial charge in [0.2, 0.25) is 5.75 Å². The smallest absolute Gasteiger partial charge is 0.308 e. The van der Waals surface area contributed by atoms with E-state index in [1.165, 1.54) is 11.5 Å². The van der Waals surface area contributed by atoms with Crippen molar-refractivity contribution < 1.29 is 19.1 Å². The van der Waals surface area contributed by atoms with E-state index < -0.39 is 11.5 Å². The van der Waals surface area contributed by atoms with Crippen molar-refractivity contribution in [1.82, 2.24) is 4.57 Å². The van der Waals surface area contributed by atoms with Gasteiger partial charge in [-0.25, -0.2) is 0 Å². The van der Waals surface area contributed by atoms with Crippen molar-refractivity contribution >= 4 is 28.5 Å². The van der Waals surface area contributed by atoms with Crippen LogP contribution in [0.1, 0.15) is 49.9 Å². The summed E-state index contributed by atoms with van der Waals surface area (Å²) in [5.41, 5.74) is 1.14. The predicted molar refractivity (Wildman–Crippen MR) is 125 cm³/mol. The van der Waals surface area contributed by atoms with Crippen LogP contribution in [0, 0.1) is 0 Å². The Balaban J connectivity index is 1.98. The van der Waals surface area contributed by atoms with Crippen molar-refractivity contribution in [2.24, 2.45) is 7.05 Å². The zero-order valence-corrected chi connectivity index (χ0v) is 18.6.